The number of aliphatic imine (C=N–C) groups is 1. The Morgan fingerprint density at radius 3 is 3.15 bits per heavy atom. The number of anilines is 1. The molecule has 1 heterocycles. The number of fused-ring (bicyclic) bond motifs is 1. The average molecular weight is 175 g/mol. The number of nitrogens with two attached hydrogens (primary N) is 1. The molecule has 1 aliphatic rings. The number of hydrogen-bond acceptors (Lipinski definition) is 3. The normalized spacial score (nSPS) is 14.5. The molecule has 0 aliphatic carbocycles. The van der Waals surface area contributed by atoms with Crippen LogP contribution in [-0.2, 0) is 13.1 Å². The molecule has 13 heavy (non-hydrogen) atoms. The van der Waals surface area contributed by atoms with Crippen LogP contribution in [0, 0.1) is 0 Å². The van der Waals surface area contributed by atoms with Crippen molar-refractivity contribution in [3.63, 3.8) is 0 Å². The molecule has 0 fully saturated rings. The van der Waals surface area contributed by atoms with Gasteiger partial charge in [-0.05, 0) is 18.1 Å². The van der Waals surface area contributed by atoms with E-state index in [0.717, 1.165) is 23.6 Å². The Morgan fingerprint density at radius 1 is 1.54 bits per heavy atom. The summed E-state index contributed by atoms with van der Waals surface area (Å²) in [6.45, 7) is 3.31. The molecule has 3 N–H and O–H groups in total. The van der Waals surface area contributed by atoms with Crippen LogP contribution in [0.5, 0.6) is 0 Å². The van der Waals surface area contributed by atoms with Gasteiger partial charge in [-0.3, -0.25) is 4.99 Å². The van der Waals surface area contributed by atoms with Gasteiger partial charge in [0.2, 0.25) is 0 Å². The second-order valence-electron chi connectivity index (χ2n) is 3.18. The highest BCUT2D eigenvalue weighted by atomic mass is 15.0. The summed E-state index contributed by atoms with van der Waals surface area (Å²) in [5.74, 6) is 0.966. The Labute approximate surface area is 77.7 Å². The smallest absolute Gasteiger partial charge is 0.0979 e. The molecule has 0 aromatic heterocycles. The number of nitrogens with zero attached hydrogens (tertiary/aromatic N) is 1. The van der Waals surface area contributed by atoms with Crippen molar-refractivity contribution in [3.05, 3.63) is 29.3 Å². The largest absolute Gasteiger partial charge is 0.344 e. The Balaban J connectivity index is 2.46. The van der Waals surface area contributed by atoms with Crippen molar-refractivity contribution in [1.82, 2.24) is 0 Å². The summed E-state index contributed by atoms with van der Waals surface area (Å²) in [7, 11) is 0. The molecule has 3 heteroatoms. The van der Waals surface area contributed by atoms with E-state index < -0.39 is 0 Å². The molecule has 0 saturated heterocycles. The summed E-state index contributed by atoms with van der Waals surface area (Å²) < 4.78 is 0. The lowest BCUT2D eigenvalue weighted by molar-refractivity contribution is 1.01. The van der Waals surface area contributed by atoms with Crippen molar-refractivity contribution >= 4 is 11.5 Å². The van der Waals surface area contributed by atoms with Gasteiger partial charge in [-0.15, -0.1) is 0 Å². The molecule has 68 valence electrons. The monoisotopic (exact) mass is 175 g/mol. The Hall–Kier alpha value is -1.35. The lowest BCUT2D eigenvalue weighted by Crippen LogP contribution is -2.16. The summed E-state index contributed by atoms with van der Waals surface area (Å²) in [6, 6.07) is 6.15. The molecule has 0 spiro atoms. The highest BCUT2D eigenvalue weighted by Crippen LogP contribution is 2.24. The predicted octanol–water partition coefficient (Wildman–Crippen LogP) is 1.49. The van der Waals surface area contributed by atoms with Gasteiger partial charge in [-0.1, -0.05) is 18.2 Å². The van der Waals surface area contributed by atoms with E-state index in [1.54, 1.807) is 0 Å². The zero-order chi connectivity index (χ0) is 9.26. The number of benzene rings is 1. The van der Waals surface area contributed by atoms with E-state index in [1.807, 2.05) is 19.1 Å². The Bertz CT molecular complexity index is 355. The summed E-state index contributed by atoms with van der Waals surface area (Å²) in [5, 5.41) is 3.25. The van der Waals surface area contributed by atoms with E-state index in [9.17, 15) is 0 Å². The van der Waals surface area contributed by atoms with Gasteiger partial charge in [-0.25, -0.2) is 0 Å². The molecule has 1 aromatic rings. The minimum atomic E-state index is 0.573. The second kappa shape index (κ2) is 3.18. The first-order valence-corrected chi connectivity index (χ1v) is 4.40. The maximum absolute atomic E-state index is 5.64. The molecule has 0 unspecified atom stereocenters. The maximum atomic E-state index is 5.64. The number of amidine groups is 1. The molecule has 1 aliphatic heterocycles. The van der Waals surface area contributed by atoms with E-state index in [1.165, 1.54) is 5.56 Å². The molecule has 0 saturated carbocycles. The van der Waals surface area contributed by atoms with E-state index in [4.69, 9.17) is 5.73 Å². The van der Waals surface area contributed by atoms with Gasteiger partial charge in [0, 0.05) is 12.2 Å². The van der Waals surface area contributed by atoms with Gasteiger partial charge >= 0.3 is 0 Å². The second-order valence-corrected chi connectivity index (χ2v) is 3.18. The molecule has 3 nitrogen and oxygen atoms in total. The first kappa shape index (κ1) is 8.26. The molecule has 0 atom stereocenters. The first-order valence-electron chi connectivity index (χ1n) is 4.40. The number of para-hydroxylation sites is 1. The van der Waals surface area contributed by atoms with Gasteiger partial charge in [0.15, 0.2) is 0 Å². The van der Waals surface area contributed by atoms with Gasteiger partial charge in [-0.2, -0.15) is 0 Å². The molecule has 0 bridgehead atoms. The van der Waals surface area contributed by atoms with Crippen LogP contribution in [0.25, 0.3) is 0 Å². The third-order valence-electron chi connectivity index (χ3n) is 2.25. The van der Waals surface area contributed by atoms with E-state index in [2.05, 4.69) is 16.4 Å². The molecule has 0 radical (unpaired) electrons. The summed E-state index contributed by atoms with van der Waals surface area (Å²) in [6.07, 6.45) is 0. The fourth-order valence-corrected chi connectivity index (χ4v) is 1.54. The lowest BCUT2D eigenvalue weighted by atomic mass is 10.1. The predicted molar refractivity (Wildman–Crippen MR) is 54.8 cm³/mol. The van der Waals surface area contributed by atoms with E-state index in [0.29, 0.717) is 6.54 Å². The highest BCUT2D eigenvalue weighted by molar-refractivity contribution is 5.96. The number of rotatable bonds is 1. The molecule has 1 aromatic carbocycles. The molecule has 2 rings (SSSR count). The van der Waals surface area contributed by atoms with E-state index in [-0.39, 0.29) is 0 Å². The van der Waals surface area contributed by atoms with Crippen LogP contribution in [0.2, 0.25) is 0 Å². The lowest BCUT2D eigenvalue weighted by Gasteiger charge is -2.18. The summed E-state index contributed by atoms with van der Waals surface area (Å²) in [5.41, 5.74) is 9.18. The molecule has 0 amide bonds. The topological polar surface area (TPSA) is 50.4 Å². The molecular formula is C10H13N3. The quantitative estimate of drug-likeness (QED) is 0.679. The van der Waals surface area contributed by atoms with Crippen LogP contribution in [-0.4, -0.2) is 5.84 Å². The van der Waals surface area contributed by atoms with Crippen LogP contribution < -0.4 is 11.1 Å². The first-order chi connectivity index (χ1) is 6.31. The summed E-state index contributed by atoms with van der Waals surface area (Å²) in [4.78, 5) is 4.31. The van der Waals surface area contributed by atoms with Crippen molar-refractivity contribution in [3.8, 4) is 0 Å². The average Bonchev–Trinajstić information content (AvgIpc) is 2.17. The van der Waals surface area contributed by atoms with Crippen LogP contribution in [0.3, 0.4) is 0 Å². The third kappa shape index (κ3) is 1.42. The number of hydrogen-bond donors (Lipinski definition) is 2. The van der Waals surface area contributed by atoms with Crippen molar-refractivity contribution in [2.24, 2.45) is 10.7 Å². The van der Waals surface area contributed by atoms with E-state index >= 15 is 0 Å². The van der Waals surface area contributed by atoms with Crippen LogP contribution >= 0.6 is 0 Å². The fourth-order valence-electron chi connectivity index (χ4n) is 1.54. The molecular weight excluding hydrogens is 162 g/mol. The van der Waals surface area contributed by atoms with Gasteiger partial charge in [0.25, 0.3) is 0 Å². The highest BCUT2D eigenvalue weighted by Gasteiger charge is 2.11. The van der Waals surface area contributed by atoms with Crippen LogP contribution in [0.1, 0.15) is 18.1 Å². The minimum Gasteiger partial charge on any atom is -0.344 e. The number of nitrogens with one attached hydrogen (secondary N) is 1. The SMILES string of the molecule is CC1=NCc2cccc(CN)c2N1. The van der Waals surface area contributed by atoms with Crippen molar-refractivity contribution in [1.29, 1.82) is 0 Å². The fraction of sp³-hybridized carbons (Fsp3) is 0.300. The third-order valence-corrected chi connectivity index (χ3v) is 2.25. The van der Waals surface area contributed by atoms with Crippen molar-refractivity contribution < 1.29 is 0 Å². The van der Waals surface area contributed by atoms with Crippen molar-refractivity contribution in [2.45, 2.75) is 20.0 Å². The summed E-state index contributed by atoms with van der Waals surface area (Å²) >= 11 is 0. The standard InChI is InChI=1S/C10H13N3/c1-7-12-6-9-4-2-3-8(5-11)10(9)13-7/h2-4H,5-6,11H2,1H3,(H,12,13). The van der Waals surface area contributed by atoms with Gasteiger partial charge in [0.1, 0.15) is 0 Å². The van der Waals surface area contributed by atoms with Crippen molar-refractivity contribution in [2.75, 3.05) is 5.32 Å². The zero-order valence-electron chi connectivity index (χ0n) is 7.67. The maximum Gasteiger partial charge on any atom is 0.0979 e. The zero-order valence-corrected chi connectivity index (χ0v) is 7.67. The van der Waals surface area contributed by atoms with Crippen LogP contribution in [0.15, 0.2) is 23.2 Å². The Morgan fingerprint density at radius 2 is 2.38 bits per heavy atom. The minimum absolute atomic E-state index is 0.573. The van der Waals surface area contributed by atoms with Crippen LogP contribution in [0.4, 0.5) is 5.69 Å². The van der Waals surface area contributed by atoms with Gasteiger partial charge < -0.3 is 11.1 Å². The Kier molecular flexibility index (Phi) is 2.02. The van der Waals surface area contributed by atoms with Gasteiger partial charge in [0.05, 0.1) is 12.4 Å².